The highest BCUT2D eigenvalue weighted by Crippen LogP contribution is 2.44. The fourth-order valence-corrected chi connectivity index (χ4v) is 5.15. The molecule has 0 spiro atoms. The summed E-state index contributed by atoms with van der Waals surface area (Å²) in [5, 5.41) is 22.0. The minimum Gasteiger partial charge on any atom is -0.389 e. The summed E-state index contributed by atoms with van der Waals surface area (Å²) in [7, 11) is -1.53. The molecule has 0 bridgehead atoms. The fourth-order valence-electron chi connectivity index (χ4n) is 3.47. The average molecular weight is 512 g/mol. The Labute approximate surface area is 177 Å². The Kier molecular flexibility index (Phi) is 7.14. The molecule has 6 nitrogen and oxygen atoms in total. The number of rotatable bonds is 5. The van der Waals surface area contributed by atoms with Crippen LogP contribution >= 0.6 is 22.6 Å². The van der Waals surface area contributed by atoms with E-state index in [4.69, 9.17) is 18.9 Å². The Morgan fingerprint density at radius 3 is 2.22 bits per heavy atom. The van der Waals surface area contributed by atoms with Crippen LogP contribution in [0.4, 0.5) is 0 Å². The van der Waals surface area contributed by atoms with E-state index in [2.05, 4.69) is 53.7 Å². The van der Waals surface area contributed by atoms with E-state index in [1.807, 2.05) is 13.8 Å². The fraction of sp³-hybridized carbons (Fsp3) is 0.895. The first-order chi connectivity index (χ1) is 12.2. The van der Waals surface area contributed by atoms with Gasteiger partial charge in [-0.05, 0) is 27.7 Å². The zero-order valence-electron chi connectivity index (χ0n) is 17.3. The van der Waals surface area contributed by atoms with Crippen LogP contribution < -0.4 is 0 Å². The van der Waals surface area contributed by atoms with Gasteiger partial charge in [-0.1, -0.05) is 42.2 Å². The molecule has 0 aromatic heterocycles. The molecule has 27 heavy (non-hydrogen) atoms. The second-order valence-corrected chi connectivity index (χ2v) is 14.8. The average Bonchev–Trinajstić information content (AvgIpc) is 3.02. The first-order valence-electron chi connectivity index (χ1n) is 9.33. The van der Waals surface area contributed by atoms with Crippen molar-refractivity contribution < 1.29 is 29.2 Å². The molecule has 2 aliphatic rings. The van der Waals surface area contributed by atoms with Crippen LogP contribution in [0.5, 0.6) is 0 Å². The molecule has 2 saturated heterocycles. The summed E-state index contributed by atoms with van der Waals surface area (Å²) < 4.78 is 24.1. The minimum atomic E-state index is -1.53. The van der Waals surface area contributed by atoms with Gasteiger partial charge in [0, 0.05) is 10.8 Å². The molecule has 2 fully saturated rings. The van der Waals surface area contributed by atoms with Gasteiger partial charge >= 0.3 is 0 Å². The number of alkyl halides is 1. The van der Waals surface area contributed by atoms with Crippen LogP contribution in [0.1, 0.15) is 34.1 Å². The Bertz CT molecular complexity index is 593. The van der Waals surface area contributed by atoms with Crippen molar-refractivity contribution in [3.63, 3.8) is 0 Å². The van der Waals surface area contributed by atoms with Gasteiger partial charge in [0.1, 0.15) is 32.0 Å². The van der Waals surface area contributed by atoms with E-state index < -0.39 is 49.7 Å². The van der Waals surface area contributed by atoms with Crippen LogP contribution in [0.15, 0.2) is 0 Å². The van der Waals surface area contributed by atoms with Crippen LogP contribution in [-0.4, -0.2) is 70.9 Å². The molecule has 8 heteroatoms. The second kappa shape index (κ2) is 8.18. The van der Waals surface area contributed by atoms with Crippen molar-refractivity contribution in [3.05, 3.63) is 0 Å². The van der Waals surface area contributed by atoms with Crippen molar-refractivity contribution in [2.45, 2.75) is 95.3 Å². The Hall–Kier alpha value is 0.267. The molecular weight excluding hydrogens is 479 g/mol. The van der Waals surface area contributed by atoms with E-state index in [1.54, 1.807) is 13.8 Å². The largest absolute Gasteiger partial charge is 0.389 e. The van der Waals surface area contributed by atoms with Gasteiger partial charge in [0.05, 0.1) is 12.7 Å². The van der Waals surface area contributed by atoms with E-state index in [9.17, 15) is 10.2 Å². The van der Waals surface area contributed by atoms with E-state index in [0.717, 1.165) is 0 Å². The predicted octanol–water partition coefficient (Wildman–Crippen LogP) is 2.46. The highest BCUT2D eigenvalue weighted by Gasteiger charge is 2.61. The minimum absolute atomic E-state index is 0.259. The summed E-state index contributed by atoms with van der Waals surface area (Å²) >= 11 is 2.17. The molecular formula is C19H33IO6Si. The molecule has 0 unspecified atom stereocenters. The van der Waals surface area contributed by atoms with E-state index in [-0.39, 0.29) is 13.0 Å². The number of hydrogen-bond donors (Lipinski definition) is 2. The molecule has 0 aliphatic carbocycles. The maximum absolute atomic E-state index is 11.2. The summed E-state index contributed by atoms with van der Waals surface area (Å²) in [6.07, 6.45) is -2.90. The lowest BCUT2D eigenvalue weighted by molar-refractivity contribution is -0.203. The third-order valence-electron chi connectivity index (χ3n) is 4.54. The van der Waals surface area contributed by atoms with Crippen LogP contribution in [0, 0.1) is 11.5 Å². The van der Waals surface area contributed by atoms with Crippen LogP contribution in [0.25, 0.3) is 0 Å². The molecule has 0 amide bonds. The molecule has 2 rings (SSSR count). The quantitative estimate of drug-likeness (QED) is 0.255. The second-order valence-electron chi connectivity index (χ2n) is 9.26. The molecule has 5 atom stereocenters. The van der Waals surface area contributed by atoms with Gasteiger partial charge in [-0.2, -0.15) is 0 Å². The molecule has 0 saturated carbocycles. The van der Waals surface area contributed by atoms with Gasteiger partial charge < -0.3 is 29.2 Å². The number of hydrogen-bond acceptors (Lipinski definition) is 6. The van der Waals surface area contributed by atoms with Crippen molar-refractivity contribution in [3.8, 4) is 11.5 Å². The van der Waals surface area contributed by atoms with E-state index in [0.29, 0.717) is 4.43 Å². The Morgan fingerprint density at radius 1 is 1.11 bits per heavy atom. The van der Waals surface area contributed by atoms with E-state index in [1.165, 1.54) is 0 Å². The maximum Gasteiger partial charge on any atom is 0.164 e. The molecule has 156 valence electrons. The van der Waals surface area contributed by atoms with E-state index >= 15 is 0 Å². The van der Waals surface area contributed by atoms with Crippen molar-refractivity contribution in [1.82, 2.24) is 0 Å². The van der Waals surface area contributed by atoms with Gasteiger partial charge in [-0.15, -0.1) is 11.5 Å². The smallest absolute Gasteiger partial charge is 0.164 e. The first-order valence-corrected chi connectivity index (χ1v) is 14.4. The lowest BCUT2D eigenvalue weighted by Crippen LogP contribution is -2.60. The highest BCUT2D eigenvalue weighted by molar-refractivity contribution is 14.1. The SMILES string of the molecule is CC1(C)OC[C@H]([C@@H](O)[C@@]2(CI)OC(C)(C)O[C@H]2[C@@H](O)CC#C[Si](C)(C)C)O1. The van der Waals surface area contributed by atoms with Gasteiger partial charge in [0.2, 0.25) is 0 Å². The molecule has 0 aromatic rings. The van der Waals surface area contributed by atoms with Gasteiger partial charge in [0.15, 0.2) is 11.6 Å². The summed E-state index contributed by atoms with van der Waals surface area (Å²) in [6, 6.07) is 0. The summed E-state index contributed by atoms with van der Waals surface area (Å²) in [6.45, 7) is 13.9. The van der Waals surface area contributed by atoms with Crippen LogP contribution in [0.2, 0.25) is 19.6 Å². The standard InChI is InChI=1S/C19H33IO6Si/c1-17(2)23-11-14(24-17)15(22)19(12-20)16(25-18(3,4)26-19)13(21)9-8-10-27(5,6)7/h13-16,21-22H,9,11-12H2,1-7H3/t13-,14+,15+,16-,19+/m0/s1. The first kappa shape index (κ1) is 23.5. The maximum atomic E-state index is 11.2. The van der Waals surface area contributed by atoms with Crippen LogP contribution in [0.3, 0.4) is 0 Å². The summed E-state index contributed by atoms with van der Waals surface area (Å²) in [4.78, 5) is 0. The molecule has 0 radical (unpaired) electrons. The summed E-state index contributed by atoms with van der Waals surface area (Å²) in [5.41, 5.74) is 2.15. The van der Waals surface area contributed by atoms with Gasteiger partial charge in [-0.25, -0.2) is 0 Å². The van der Waals surface area contributed by atoms with Crippen LogP contribution in [-0.2, 0) is 18.9 Å². The van der Waals surface area contributed by atoms with Crippen molar-refractivity contribution in [1.29, 1.82) is 0 Å². The Morgan fingerprint density at radius 2 is 1.74 bits per heavy atom. The monoisotopic (exact) mass is 512 g/mol. The Balaban J connectivity index is 2.26. The number of halogens is 1. The molecule has 2 N–H and O–H groups in total. The third-order valence-corrected chi connectivity index (χ3v) is 6.66. The molecule has 0 aromatic carbocycles. The molecule has 2 aliphatic heterocycles. The van der Waals surface area contributed by atoms with Crippen molar-refractivity contribution in [2.75, 3.05) is 11.0 Å². The summed E-state index contributed by atoms with van der Waals surface area (Å²) in [5.74, 6) is 1.41. The lowest BCUT2D eigenvalue weighted by atomic mass is 9.85. The van der Waals surface area contributed by atoms with Gasteiger partial charge in [-0.3, -0.25) is 0 Å². The van der Waals surface area contributed by atoms with Crippen molar-refractivity contribution >= 4 is 30.7 Å². The number of aliphatic hydroxyl groups excluding tert-OH is 2. The van der Waals surface area contributed by atoms with Crippen molar-refractivity contribution in [2.24, 2.45) is 0 Å². The normalized spacial score (nSPS) is 34.7. The zero-order chi connectivity index (χ0) is 20.7. The zero-order valence-corrected chi connectivity index (χ0v) is 20.5. The number of ether oxygens (including phenoxy) is 4. The highest BCUT2D eigenvalue weighted by atomic mass is 127. The lowest BCUT2D eigenvalue weighted by Gasteiger charge is -2.39. The topological polar surface area (TPSA) is 77.4 Å². The molecule has 2 heterocycles. The predicted molar refractivity (Wildman–Crippen MR) is 114 cm³/mol. The third kappa shape index (κ3) is 5.66. The van der Waals surface area contributed by atoms with Gasteiger partial charge in [0.25, 0.3) is 0 Å². The number of aliphatic hydroxyl groups is 2.